The van der Waals surface area contributed by atoms with Crippen molar-refractivity contribution in [3.05, 3.63) is 36.3 Å². The molecule has 2 N–H and O–H groups in total. The highest BCUT2D eigenvalue weighted by Gasteiger charge is 2.35. The number of ether oxygens (including phenoxy) is 1. The first-order chi connectivity index (χ1) is 12.7. The van der Waals surface area contributed by atoms with Crippen molar-refractivity contribution in [2.75, 3.05) is 25.2 Å². The second-order valence-corrected chi connectivity index (χ2v) is 9.05. The van der Waals surface area contributed by atoms with E-state index < -0.39 is 6.04 Å². The fourth-order valence-electron chi connectivity index (χ4n) is 3.55. The summed E-state index contributed by atoms with van der Waals surface area (Å²) in [5.41, 5.74) is 7.97. The smallest absolute Gasteiger partial charge is 0.241 e. The molecule has 2 aromatic rings. The second-order valence-electron chi connectivity index (χ2n) is 6.43. The summed E-state index contributed by atoms with van der Waals surface area (Å²) in [4.78, 5) is 19.6. The molecule has 2 atom stereocenters. The van der Waals surface area contributed by atoms with Crippen molar-refractivity contribution in [2.24, 2.45) is 5.73 Å². The highest BCUT2D eigenvalue weighted by Crippen LogP contribution is 2.37. The van der Waals surface area contributed by atoms with Crippen LogP contribution in [0.1, 0.15) is 18.3 Å². The molecule has 0 saturated carbocycles. The van der Waals surface area contributed by atoms with Crippen LogP contribution < -0.4 is 10.5 Å². The third-order valence-electron chi connectivity index (χ3n) is 4.85. The molecule has 0 bridgehead atoms. The standard InChI is InChI=1S/C18H22N4O2S2/c1-24-16-5-3-2-4-12(16)14-10-21-7-8-22-15(17(21)20-14)6-9-25-26-11-13(19)18(22)23/h2-5,10,13,15H,6-9,11,19H2,1H3/t13?,15-/m0/s1. The number of imidazole rings is 1. The van der Waals surface area contributed by atoms with Crippen molar-refractivity contribution in [2.45, 2.75) is 25.0 Å². The molecule has 3 heterocycles. The van der Waals surface area contributed by atoms with Gasteiger partial charge in [-0.15, -0.1) is 0 Å². The van der Waals surface area contributed by atoms with Crippen LogP contribution in [0.15, 0.2) is 30.5 Å². The number of hydrogen-bond donors (Lipinski definition) is 1. The Balaban J connectivity index is 1.72. The first-order valence-electron chi connectivity index (χ1n) is 8.70. The molecule has 2 aliphatic rings. The number of nitrogens with zero attached hydrogens (tertiary/aromatic N) is 3. The van der Waals surface area contributed by atoms with Gasteiger partial charge in [-0.25, -0.2) is 4.98 Å². The maximum Gasteiger partial charge on any atom is 0.241 e. The molecule has 0 aliphatic carbocycles. The molecule has 138 valence electrons. The van der Waals surface area contributed by atoms with E-state index in [4.69, 9.17) is 15.5 Å². The van der Waals surface area contributed by atoms with E-state index >= 15 is 0 Å². The molecule has 1 fully saturated rings. The zero-order valence-corrected chi connectivity index (χ0v) is 16.3. The summed E-state index contributed by atoms with van der Waals surface area (Å²) >= 11 is 0. The van der Waals surface area contributed by atoms with E-state index in [1.807, 2.05) is 29.2 Å². The SMILES string of the molecule is COc1ccccc1-c1cn2c(n1)[C@@H]1CCSSCC(N)C(=O)N1CC2. The van der Waals surface area contributed by atoms with E-state index in [0.717, 1.165) is 41.5 Å². The fraction of sp³-hybridized carbons (Fsp3) is 0.444. The Bertz CT molecular complexity index is 810. The number of rotatable bonds is 2. The van der Waals surface area contributed by atoms with Crippen molar-refractivity contribution < 1.29 is 9.53 Å². The molecular weight excluding hydrogens is 368 g/mol. The Morgan fingerprint density at radius 2 is 2.12 bits per heavy atom. The molecule has 1 aromatic heterocycles. The number of nitrogens with two attached hydrogens (primary N) is 1. The summed E-state index contributed by atoms with van der Waals surface area (Å²) in [6.45, 7) is 1.42. The van der Waals surface area contributed by atoms with Crippen molar-refractivity contribution in [1.29, 1.82) is 0 Å². The maximum absolute atomic E-state index is 12.8. The lowest BCUT2D eigenvalue weighted by Gasteiger charge is -2.36. The quantitative estimate of drug-likeness (QED) is 0.795. The van der Waals surface area contributed by atoms with E-state index in [9.17, 15) is 4.79 Å². The number of fused-ring (bicyclic) bond motifs is 3. The lowest BCUT2D eigenvalue weighted by molar-refractivity contribution is -0.135. The van der Waals surface area contributed by atoms with Crippen LogP contribution in [0.2, 0.25) is 0 Å². The minimum atomic E-state index is -0.441. The lowest BCUT2D eigenvalue weighted by Crippen LogP contribution is -2.50. The van der Waals surface area contributed by atoms with Gasteiger partial charge in [0, 0.05) is 36.4 Å². The molecular formula is C18H22N4O2S2. The minimum absolute atomic E-state index is 0.0167. The van der Waals surface area contributed by atoms with E-state index in [-0.39, 0.29) is 11.9 Å². The number of aromatic nitrogens is 2. The number of para-hydroxylation sites is 1. The van der Waals surface area contributed by atoms with Gasteiger partial charge in [0.25, 0.3) is 0 Å². The average Bonchev–Trinajstić information content (AvgIpc) is 3.12. The van der Waals surface area contributed by atoms with Crippen LogP contribution in [0.4, 0.5) is 0 Å². The van der Waals surface area contributed by atoms with Crippen LogP contribution in [0, 0.1) is 0 Å². The molecule has 26 heavy (non-hydrogen) atoms. The summed E-state index contributed by atoms with van der Waals surface area (Å²) in [6.07, 6.45) is 2.96. The number of benzene rings is 1. The number of hydrogen-bond acceptors (Lipinski definition) is 6. The highest BCUT2D eigenvalue weighted by atomic mass is 33.1. The van der Waals surface area contributed by atoms with Crippen molar-refractivity contribution in [3.8, 4) is 17.0 Å². The van der Waals surface area contributed by atoms with Gasteiger partial charge in [-0.3, -0.25) is 4.79 Å². The third kappa shape index (κ3) is 3.21. The van der Waals surface area contributed by atoms with Gasteiger partial charge >= 0.3 is 0 Å². The Morgan fingerprint density at radius 3 is 2.96 bits per heavy atom. The van der Waals surface area contributed by atoms with E-state index in [1.165, 1.54) is 0 Å². The van der Waals surface area contributed by atoms with Crippen LogP contribution in [0.3, 0.4) is 0 Å². The van der Waals surface area contributed by atoms with Crippen LogP contribution in [-0.2, 0) is 11.3 Å². The molecule has 6 nitrogen and oxygen atoms in total. The number of amides is 1. The molecule has 1 unspecified atom stereocenters. The van der Waals surface area contributed by atoms with Crippen molar-refractivity contribution >= 4 is 27.5 Å². The highest BCUT2D eigenvalue weighted by molar-refractivity contribution is 8.76. The summed E-state index contributed by atoms with van der Waals surface area (Å²) < 4.78 is 7.66. The van der Waals surface area contributed by atoms with Crippen LogP contribution in [-0.4, -0.2) is 51.6 Å². The third-order valence-corrected chi connectivity index (χ3v) is 7.32. The van der Waals surface area contributed by atoms with Gasteiger partial charge in [-0.05, 0) is 18.6 Å². The van der Waals surface area contributed by atoms with Gasteiger partial charge in [0.05, 0.1) is 24.9 Å². The minimum Gasteiger partial charge on any atom is -0.496 e. The Labute approximate surface area is 160 Å². The maximum atomic E-state index is 12.8. The molecule has 8 heteroatoms. The van der Waals surface area contributed by atoms with Gasteiger partial charge in [0.1, 0.15) is 11.6 Å². The van der Waals surface area contributed by atoms with Gasteiger partial charge in [0.2, 0.25) is 5.91 Å². The molecule has 1 aromatic carbocycles. The normalized spacial score (nSPS) is 23.5. The number of carbonyl (C=O) groups excluding carboxylic acids is 1. The van der Waals surface area contributed by atoms with E-state index in [0.29, 0.717) is 12.3 Å². The largest absolute Gasteiger partial charge is 0.496 e. The molecule has 4 rings (SSSR count). The average molecular weight is 391 g/mol. The number of carbonyl (C=O) groups is 1. The summed E-state index contributed by atoms with van der Waals surface area (Å²) in [5, 5.41) is 0. The predicted octanol–water partition coefficient (Wildman–Crippen LogP) is 2.55. The van der Waals surface area contributed by atoms with Crippen LogP contribution >= 0.6 is 21.6 Å². The van der Waals surface area contributed by atoms with Crippen LogP contribution in [0.5, 0.6) is 5.75 Å². The summed E-state index contributed by atoms with van der Waals surface area (Å²) in [6, 6.07) is 7.43. The first kappa shape index (κ1) is 17.8. The fourth-order valence-corrected chi connectivity index (χ4v) is 5.74. The van der Waals surface area contributed by atoms with E-state index in [1.54, 1.807) is 28.7 Å². The molecule has 1 amide bonds. The van der Waals surface area contributed by atoms with Crippen molar-refractivity contribution in [1.82, 2.24) is 14.5 Å². The second kappa shape index (κ2) is 7.54. The Hall–Kier alpha value is -1.64. The van der Waals surface area contributed by atoms with Gasteiger partial charge < -0.3 is 19.9 Å². The monoisotopic (exact) mass is 390 g/mol. The van der Waals surface area contributed by atoms with Crippen LogP contribution in [0.25, 0.3) is 11.3 Å². The molecule has 2 aliphatic heterocycles. The number of methoxy groups -OCH3 is 1. The van der Waals surface area contributed by atoms with Gasteiger partial charge in [-0.2, -0.15) is 0 Å². The molecule has 0 radical (unpaired) electrons. The van der Waals surface area contributed by atoms with Gasteiger partial charge in [0.15, 0.2) is 0 Å². The summed E-state index contributed by atoms with van der Waals surface area (Å²) in [7, 11) is 5.15. The molecule has 0 spiro atoms. The lowest BCUT2D eigenvalue weighted by atomic mass is 10.1. The zero-order valence-electron chi connectivity index (χ0n) is 14.6. The van der Waals surface area contributed by atoms with Gasteiger partial charge in [-0.1, -0.05) is 33.7 Å². The summed E-state index contributed by atoms with van der Waals surface area (Å²) in [5.74, 6) is 3.43. The topological polar surface area (TPSA) is 73.4 Å². The first-order valence-corrected chi connectivity index (χ1v) is 11.2. The Kier molecular flexibility index (Phi) is 5.15. The van der Waals surface area contributed by atoms with Crippen molar-refractivity contribution in [3.63, 3.8) is 0 Å². The molecule has 1 saturated heterocycles. The van der Waals surface area contributed by atoms with E-state index in [2.05, 4.69) is 10.8 Å². The zero-order chi connectivity index (χ0) is 18.1. The Morgan fingerprint density at radius 1 is 1.27 bits per heavy atom. The predicted molar refractivity (Wildman–Crippen MR) is 106 cm³/mol.